The van der Waals surface area contributed by atoms with Crippen molar-refractivity contribution in [2.75, 3.05) is 11.1 Å². The van der Waals surface area contributed by atoms with Gasteiger partial charge in [-0.1, -0.05) is 23.9 Å². The fourth-order valence-electron chi connectivity index (χ4n) is 6.81. The number of nitrogens with one attached hydrogen (secondary N) is 1. The largest absolute Gasteiger partial charge is 0.416 e. The molecule has 2 aromatic rings. The van der Waals surface area contributed by atoms with E-state index in [9.17, 15) is 18.0 Å². The maximum absolute atomic E-state index is 12.9. The molecule has 0 spiro atoms. The molecule has 4 aliphatic carbocycles. The Morgan fingerprint density at radius 3 is 2.47 bits per heavy atom. The molecule has 9 heteroatoms. The molecule has 0 unspecified atom stereocenters. The van der Waals surface area contributed by atoms with Crippen LogP contribution in [0.15, 0.2) is 42.1 Å². The summed E-state index contributed by atoms with van der Waals surface area (Å²) in [7, 11) is 0. The molecule has 34 heavy (non-hydrogen) atoms. The van der Waals surface area contributed by atoms with E-state index in [4.69, 9.17) is 0 Å². The summed E-state index contributed by atoms with van der Waals surface area (Å²) in [5.74, 6) is 3.16. The Balaban J connectivity index is 1.24. The number of carbonyl (C=O) groups excluding carboxylic acids is 1. The van der Waals surface area contributed by atoms with Gasteiger partial charge in [-0.25, -0.2) is 0 Å². The average molecular weight is 491 g/mol. The van der Waals surface area contributed by atoms with Crippen molar-refractivity contribution < 1.29 is 18.0 Å². The minimum Gasteiger partial charge on any atom is -0.325 e. The first-order valence-electron chi connectivity index (χ1n) is 11.9. The summed E-state index contributed by atoms with van der Waals surface area (Å²) in [6, 6.07) is 4.64. The Morgan fingerprint density at radius 1 is 1.18 bits per heavy atom. The van der Waals surface area contributed by atoms with Crippen molar-refractivity contribution in [2.24, 2.45) is 23.2 Å². The Labute approximate surface area is 201 Å². The Bertz CT molecular complexity index is 1050. The second-order valence-electron chi connectivity index (χ2n) is 10.3. The van der Waals surface area contributed by atoms with Crippen molar-refractivity contribution in [3.8, 4) is 0 Å². The molecule has 0 aliphatic heterocycles. The van der Waals surface area contributed by atoms with Gasteiger partial charge in [-0.2, -0.15) is 13.2 Å². The lowest BCUT2D eigenvalue weighted by atomic mass is 9.49. The summed E-state index contributed by atoms with van der Waals surface area (Å²) in [5, 5.41) is 12.0. The van der Waals surface area contributed by atoms with E-state index >= 15 is 0 Å². The molecule has 1 aromatic carbocycles. The van der Waals surface area contributed by atoms with E-state index < -0.39 is 11.7 Å². The van der Waals surface area contributed by atoms with E-state index in [-0.39, 0.29) is 17.3 Å². The number of aromatic nitrogens is 3. The first-order chi connectivity index (χ1) is 16.2. The number of thioether (sulfide) groups is 1. The number of hydrogen-bond acceptors (Lipinski definition) is 4. The van der Waals surface area contributed by atoms with Gasteiger partial charge in [0.25, 0.3) is 0 Å². The monoisotopic (exact) mass is 490 g/mol. The SMILES string of the molecule is C=CCn1c(CC23CC4CC(CC(C4)C2)C3)nnc1SCC(=O)Nc1cccc(C(F)(F)F)c1. The van der Waals surface area contributed by atoms with Crippen LogP contribution in [0.25, 0.3) is 0 Å². The second-order valence-corrected chi connectivity index (χ2v) is 11.3. The van der Waals surface area contributed by atoms with Crippen molar-refractivity contribution in [3.63, 3.8) is 0 Å². The van der Waals surface area contributed by atoms with Gasteiger partial charge in [0.2, 0.25) is 5.91 Å². The van der Waals surface area contributed by atoms with Gasteiger partial charge < -0.3 is 9.88 Å². The highest BCUT2D eigenvalue weighted by Gasteiger charge is 2.51. The number of carbonyl (C=O) groups is 1. The fraction of sp³-hybridized carbons (Fsp3) is 0.560. The highest BCUT2D eigenvalue weighted by molar-refractivity contribution is 7.99. The maximum atomic E-state index is 12.9. The molecule has 0 radical (unpaired) electrons. The van der Waals surface area contributed by atoms with E-state index in [0.29, 0.717) is 17.1 Å². The lowest BCUT2D eigenvalue weighted by Gasteiger charge is -2.56. The number of alkyl halides is 3. The van der Waals surface area contributed by atoms with Gasteiger partial charge >= 0.3 is 6.18 Å². The molecule has 182 valence electrons. The van der Waals surface area contributed by atoms with E-state index in [1.54, 1.807) is 6.08 Å². The molecule has 4 saturated carbocycles. The molecule has 1 N–H and O–H groups in total. The molecule has 1 amide bonds. The van der Waals surface area contributed by atoms with Crippen molar-refractivity contribution in [3.05, 3.63) is 48.3 Å². The maximum Gasteiger partial charge on any atom is 0.416 e. The van der Waals surface area contributed by atoms with Gasteiger partial charge in [0.15, 0.2) is 5.16 Å². The van der Waals surface area contributed by atoms with E-state index in [2.05, 4.69) is 22.1 Å². The number of halogens is 3. The van der Waals surface area contributed by atoms with Gasteiger partial charge in [-0.3, -0.25) is 4.79 Å². The number of benzene rings is 1. The number of nitrogens with zero attached hydrogens (tertiary/aromatic N) is 3. The highest BCUT2D eigenvalue weighted by Crippen LogP contribution is 2.61. The Kier molecular flexibility index (Phi) is 6.25. The van der Waals surface area contributed by atoms with Crippen LogP contribution in [0.3, 0.4) is 0 Å². The standard InChI is InChI=1S/C25H29F3N4OS/c1-2-6-32-21(14-24-11-16-7-17(12-24)9-18(8-16)13-24)30-31-23(32)34-15-22(33)29-20-5-3-4-19(10-20)25(26,27)28/h2-5,10,16-18H,1,6-9,11-15H2,(H,29,33). The molecule has 0 atom stereocenters. The zero-order valence-electron chi connectivity index (χ0n) is 19.0. The van der Waals surface area contributed by atoms with Crippen LogP contribution in [-0.2, 0) is 23.9 Å². The molecular weight excluding hydrogens is 461 g/mol. The topological polar surface area (TPSA) is 59.8 Å². The van der Waals surface area contributed by atoms with Crippen LogP contribution in [0.1, 0.15) is 49.9 Å². The smallest absolute Gasteiger partial charge is 0.325 e. The van der Waals surface area contributed by atoms with E-state index in [1.807, 2.05) is 4.57 Å². The molecular formula is C25H29F3N4OS. The molecule has 6 rings (SSSR count). The predicted molar refractivity (Wildman–Crippen MR) is 125 cm³/mol. The minimum absolute atomic E-state index is 0.0306. The van der Waals surface area contributed by atoms with Crippen LogP contribution >= 0.6 is 11.8 Å². The lowest BCUT2D eigenvalue weighted by molar-refractivity contribution is -0.137. The summed E-state index contributed by atoms with van der Waals surface area (Å²) in [4.78, 5) is 12.4. The van der Waals surface area contributed by atoms with Crippen molar-refractivity contribution in [1.82, 2.24) is 14.8 Å². The van der Waals surface area contributed by atoms with Gasteiger partial charge in [-0.15, -0.1) is 16.8 Å². The van der Waals surface area contributed by atoms with Gasteiger partial charge in [0, 0.05) is 18.7 Å². The zero-order valence-corrected chi connectivity index (χ0v) is 19.8. The highest BCUT2D eigenvalue weighted by atomic mass is 32.2. The fourth-order valence-corrected chi connectivity index (χ4v) is 7.58. The molecule has 0 saturated heterocycles. The summed E-state index contributed by atoms with van der Waals surface area (Å²) >= 11 is 1.24. The predicted octanol–water partition coefficient (Wildman–Crippen LogP) is 5.97. The summed E-state index contributed by atoms with van der Waals surface area (Å²) < 4.78 is 40.8. The number of amides is 1. The van der Waals surface area contributed by atoms with Crippen LogP contribution in [0.5, 0.6) is 0 Å². The second kappa shape index (κ2) is 9.06. The van der Waals surface area contributed by atoms with Crippen molar-refractivity contribution in [1.29, 1.82) is 0 Å². The molecule has 1 heterocycles. The van der Waals surface area contributed by atoms with Gasteiger partial charge in [0.05, 0.1) is 11.3 Å². The quantitative estimate of drug-likeness (QED) is 0.366. The third-order valence-corrected chi connectivity index (χ3v) is 8.58. The minimum atomic E-state index is -4.45. The normalized spacial score (nSPS) is 27.7. The Morgan fingerprint density at radius 2 is 1.85 bits per heavy atom. The molecule has 4 bridgehead atoms. The van der Waals surface area contributed by atoms with Crippen LogP contribution in [0.2, 0.25) is 0 Å². The Hall–Kier alpha value is -2.29. The van der Waals surface area contributed by atoms with Gasteiger partial charge in [0.1, 0.15) is 5.82 Å². The van der Waals surface area contributed by atoms with Gasteiger partial charge in [-0.05, 0) is 79.9 Å². The van der Waals surface area contributed by atoms with Crippen LogP contribution in [0, 0.1) is 23.2 Å². The van der Waals surface area contributed by atoms with E-state index in [1.165, 1.54) is 62.4 Å². The van der Waals surface area contributed by atoms with Crippen LogP contribution < -0.4 is 5.32 Å². The first-order valence-corrected chi connectivity index (χ1v) is 12.8. The van der Waals surface area contributed by atoms with Crippen LogP contribution in [0.4, 0.5) is 18.9 Å². The van der Waals surface area contributed by atoms with Crippen molar-refractivity contribution >= 4 is 23.4 Å². The third-order valence-electron chi connectivity index (χ3n) is 7.61. The van der Waals surface area contributed by atoms with E-state index in [0.717, 1.165) is 42.1 Å². The summed E-state index contributed by atoms with van der Waals surface area (Å²) in [5.41, 5.74) is -0.350. The summed E-state index contributed by atoms with van der Waals surface area (Å²) in [6.45, 7) is 4.43. The molecule has 5 nitrogen and oxygen atoms in total. The zero-order chi connectivity index (χ0) is 23.9. The third kappa shape index (κ3) is 4.90. The number of rotatable bonds is 8. The summed E-state index contributed by atoms with van der Waals surface area (Å²) in [6.07, 6.45) is 6.27. The lowest BCUT2D eigenvalue weighted by Crippen LogP contribution is -2.47. The number of hydrogen-bond donors (Lipinski definition) is 1. The number of allylic oxidation sites excluding steroid dienone is 1. The van der Waals surface area contributed by atoms with Crippen molar-refractivity contribution in [2.45, 2.75) is 62.8 Å². The van der Waals surface area contributed by atoms with Crippen LogP contribution in [-0.4, -0.2) is 26.4 Å². The first kappa shape index (κ1) is 23.5. The average Bonchev–Trinajstić information content (AvgIpc) is 3.12. The number of anilines is 1. The molecule has 4 aliphatic rings. The molecule has 4 fully saturated rings. The molecule has 1 aromatic heterocycles.